The van der Waals surface area contributed by atoms with Gasteiger partial charge in [-0.3, -0.25) is 9.59 Å². The number of aryl methyl sites for hydroxylation is 2. The predicted molar refractivity (Wildman–Crippen MR) is 127 cm³/mol. The molecule has 0 bridgehead atoms. The summed E-state index contributed by atoms with van der Waals surface area (Å²) in [4.78, 5) is 30.5. The Morgan fingerprint density at radius 2 is 1.57 bits per heavy atom. The fourth-order valence-corrected chi connectivity index (χ4v) is 4.12. The summed E-state index contributed by atoms with van der Waals surface area (Å²) in [6.07, 6.45) is 0.556. The Bertz CT molecular complexity index is 1370. The number of aliphatic carboxylic acids is 3. The lowest BCUT2D eigenvalue weighted by Gasteiger charge is -2.18. The van der Waals surface area contributed by atoms with Crippen molar-refractivity contribution in [2.24, 2.45) is 0 Å². The van der Waals surface area contributed by atoms with E-state index in [0.29, 0.717) is 11.5 Å². The van der Waals surface area contributed by atoms with Gasteiger partial charge in [-0.25, -0.2) is 4.79 Å². The molecule has 0 saturated heterocycles. The number of hydrogen-bond donors (Lipinski definition) is 6. The van der Waals surface area contributed by atoms with Crippen LogP contribution in [0.5, 0.6) is 23.0 Å². The van der Waals surface area contributed by atoms with Crippen molar-refractivity contribution in [3.63, 3.8) is 0 Å². The van der Waals surface area contributed by atoms with Crippen molar-refractivity contribution in [3.05, 3.63) is 42.1 Å². The van der Waals surface area contributed by atoms with E-state index in [2.05, 4.69) is 16.8 Å². The molecule has 0 unspecified atom stereocenters. The zero-order chi connectivity index (χ0) is 27.5. The number of methoxy groups -OCH3 is 2. The van der Waals surface area contributed by atoms with E-state index in [0.717, 1.165) is 40.6 Å². The molecule has 0 spiro atoms. The summed E-state index contributed by atoms with van der Waals surface area (Å²) in [6.45, 7) is 0.794. The molecule has 0 fully saturated rings. The zero-order valence-electron chi connectivity index (χ0n) is 20.0. The molecule has 0 atom stereocenters. The van der Waals surface area contributed by atoms with Gasteiger partial charge in [0.1, 0.15) is 0 Å². The maximum Gasteiger partial charge on any atom is 0.336 e. The maximum absolute atomic E-state index is 10.3. The van der Waals surface area contributed by atoms with Gasteiger partial charge in [-0.15, -0.1) is 0 Å². The van der Waals surface area contributed by atoms with Gasteiger partial charge in [0, 0.05) is 12.5 Å². The van der Waals surface area contributed by atoms with Crippen molar-refractivity contribution in [1.82, 2.24) is 0 Å². The van der Waals surface area contributed by atoms with Gasteiger partial charge < -0.3 is 40.1 Å². The quantitative estimate of drug-likeness (QED) is 0.197. The van der Waals surface area contributed by atoms with E-state index >= 15 is 0 Å². The van der Waals surface area contributed by atoms with E-state index in [9.17, 15) is 24.6 Å². The van der Waals surface area contributed by atoms with Crippen molar-refractivity contribution in [1.29, 1.82) is 0 Å². The van der Waals surface area contributed by atoms with Gasteiger partial charge in [0.2, 0.25) is 5.69 Å². The fourth-order valence-electron chi connectivity index (χ4n) is 4.12. The minimum Gasteiger partial charge on any atom is -0.504 e. The molecular weight excluding hydrogens is 490 g/mol. The largest absolute Gasteiger partial charge is 0.504 e. The highest BCUT2D eigenvalue weighted by atomic mass is 16.5. The third-order valence-corrected chi connectivity index (χ3v) is 5.89. The van der Waals surface area contributed by atoms with E-state index in [-0.39, 0.29) is 11.5 Å². The Kier molecular flexibility index (Phi) is 7.73. The second-order valence-corrected chi connectivity index (χ2v) is 8.38. The normalized spacial score (nSPS) is 12.0. The number of benzene rings is 2. The lowest BCUT2D eigenvalue weighted by atomic mass is 9.95. The number of nitrogens with zero attached hydrogens (tertiary/aromatic N) is 1. The minimum absolute atomic E-state index is 0.0746. The monoisotopic (exact) mass is 516 g/mol. The fraction of sp³-hybridized carbons (Fsp3) is 0.280. The van der Waals surface area contributed by atoms with Crippen molar-refractivity contribution in [3.8, 4) is 34.3 Å². The molecule has 2 aromatic carbocycles. The molecule has 12 heteroatoms. The second-order valence-electron chi connectivity index (χ2n) is 8.38. The first-order valence-corrected chi connectivity index (χ1v) is 10.9. The number of rotatable bonds is 7. The predicted octanol–water partition coefficient (Wildman–Crippen LogP) is 1.53. The number of fused-ring (bicyclic) bond motifs is 4. The summed E-state index contributed by atoms with van der Waals surface area (Å²) in [5.41, 5.74) is 0.238. The lowest BCUT2D eigenvalue weighted by Crippen LogP contribution is -2.42. The maximum atomic E-state index is 10.3. The van der Waals surface area contributed by atoms with Gasteiger partial charge in [0.05, 0.1) is 38.0 Å². The summed E-state index contributed by atoms with van der Waals surface area (Å²) in [5, 5.41) is 55.4. The molecule has 12 nitrogen and oxygen atoms in total. The van der Waals surface area contributed by atoms with Crippen LogP contribution in [0.15, 0.2) is 36.5 Å². The van der Waals surface area contributed by atoms with Crippen LogP contribution in [0.25, 0.3) is 22.0 Å². The van der Waals surface area contributed by atoms with Crippen molar-refractivity contribution < 1.29 is 59.1 Å². The van der Waals surface area contributed by atoms with E-state index in [1.165, 1.54) is 0 Å². The van der Waals surface area contributed by atoms with Crippen LogP contribution >= 0.6 is 0 Å². The standard InChI is InChI=1S/C19H17NO4.C6H8O7/c1-23-18-4-3-11-7-15-13-9-17(22)16(21)8-12(13)5-6-20(15)10-14(11)19(18)24-2;7-3(8)1-6(13,5(11)12)2-4(9)10/h3-4,7-10,22H,5-6H2,1-2H3;13H,1-2H2,(H,7,8)(H,9,10)(H,11,12)/p+1. The van der Waals surface area contributed by atoms with Crippen LogP contribution < -0.4 is 14.0 Å². The highest BCUT2D eigenvalue weighted by molar-refractivity contribution is 5.92. The first-order chi connectivity index (χ1) is 17.4. The topological polar surface area (TPSA) is 195 Å². The highest BCUT2D eigenvalue weighted by Gasteiger charge is 2.40. The number of carbonyl (C=O) groups is 3. The number of pyridine rings is 1. The van der Waals surface area contributed by atoms with Crippen LogP contribution in [0.2, 0.25) is 0 Å². The Hall–Kier alpha value is -4.58. The van der Waals surface area contributed by atoms with Crippen LogP contribution in [-0.4, -0.2) is 68.4 Å². The molecule has 0 amide bonds. The lowest BCUT2D eigenvalue weighted by molar-refractivity contribution is -0.686. The van der Waals surface area contributed by atoms with Crippen LogP contribution in [0.4, 0.5) is 0 Å². The zero-order valence-corrected chi connectivity index (χ0v) is 20.0. The third kappa shape index (κ3) is 5.64. The molecule has 1 aliphatic heterocycles. The van der Waals surface area contributed by atoms with Gasteiger partial charge in [-0.05, 0) is 35.2 Å². The number of carboxylic acids is 3. The molecule has 196 valence electrons. The number of phenols is 2. The number of phenolic OH excluding ortho intramolecular Hbond substituents is 2. The summed E-state index contributed by atoms with van der Waals surface area (Å²) in [7, 11) is 3.26. The SMILES string of the molecule is COc1ccc2cc3[n+](cc2c1OC)CCc1cc(O)c(O)cc1-3.O=C(O)CC(O)(CC(=O)O)C(=O)O. The van der Waals surface area contributed by atoms with Crippen molar-refractivity contribution >= 4 is 28.7 Å². The smallest absolute Gasteiger partial charge is 0.336 e. The van der Waals surface area contributed by atoms with Gasteiger partial charge in [-0.1, -0.05) is 0 Å². The molecular formula is C25H26NO11+. The molecule has 2 heterocycles. The number of ether oxygens (including phenoxy) is 2. The third-order valence-electron chi connectivity index (χ3n) is 5.89. The first kappa shape index (κ1) is 27.0. The van der Waals surface area contributed by atoms with Gasteiger partial charge >= 0.3 is 17.9 Å². The average Bonchev–Trinajstić information content (AvgIpc) is 2.82. The molecule has 0 radical (unpaired) electrons. The molecule has 1 aromatic heterocycles. The van der Waals surface area contributed by atoms with Gasteiger partial charge in [0.25, 0.3) is 0 Å². The summed E-state index contributed by atoms with van der Waals surface area (Å²) in [5.74, 6) is -3.78. The Morgan fingerprint density at radius 3 is 2.11 bits per heavy atom. The number of aromatic hydroxyl groups is 2. The number of hydrogen-bond acceptors (Lipinski definition) is 8. The Balaban J connectivity index is 0.000000251. The molecule has 37 heavy (non-hydrogen) atoms. The van der Waals surface area contributed by atoms with Gasteiger partial charge in [-0.2, -0.15) is 4.57 Å². The molecule has 3 aromatic rings. The van der Waals surface area contributed by atoms with Crippen LogP contribution in [0.3, 0.4) is 0 Å². The summed E-state index contributed by atoms with van der Waals surface area (Å²) < 4.78 is 13.1. The molecule has 6 N–H and O–H groups in total. The van der Waals surface area contributed by atoms with Gasteiger partial charge in [0.15, 0.2) is 41.3 Å². The van der Waals surface area contributed by atoms with E-state index < -0.39 is 36.4 Å². The number of carboxylic acid groups (broad SMARTS) is 3. The molecule has 4 rings (SSSR count). The van der Waals surface area contributed by atoms with E-state index in [1.54, 1.807) is 26.4 Å². The second kappa shape index (κ2) is 10.6. The van der Waals surface area contributed by atoms with Crippen molar-refractivity contribution in [2.75, 3.05) is 14.2 Å². The van der Waals surface area contributed by atoms with E-state index in [4.69, 9.17) is 29.9 Å². The Morgan fingerprint density at radius 1 is 0.946 bits per heavy atom. The van der Waals surface area contributed by atoms with Crippen LogP contribution in [0, 0.1) is 0 Å². The molecule has 0 aliphatic carbocycles. The van der Waals surface area contributed by atoms with Crippen LogP contribution in [0.1, 0.15) is 18.4 Å². The summed E-state index contributed by atoms with van der Waals surface area (Å²) >= 11 is 0. The average molecular weight is 516 g/mol. The first-order valence-electron chi connectivity index (χ1n) is 10.9. The number of aliphatic hydroxyl groups is 1. The Labute approximate surface area is 210 Å². The molecule has 0 saturated carbocycles. The number of aromatic nitrogens is 1. The minimum atomic E-state index is -2.74. The summed E-state index contributed by atoms with van der Waals surface area (Å²) in [6, 6.07) is 9.23. The molecule has 1 aliphatic rings. The van der Waals surface area contributed by atoms with E-state index in [1.807, 2.05) is 12.1 Å². The van der Waals surface area contributed by atoms with Crippen LogP contribution in [-0.2, 0) is 27.3 Å². The highest BCUT2D eigenvalue weighted by Crippen LogP contribution is 2.39. The van der Waals surface area contributed by atoms with Crippen molar-refractivity contribution in [2.45, 2.75) is 31.4 Å².